The van der Waals surface area contributed by atoms with Crippen LogP contribution in [0.25, 0.3) is 33.9 Å². The van der Waals surface area contributed by atoms with Crippen molar-refractivity contribution in [2.75, 3.05) is 21.3 Å². The molecule has 0 bridgehead atoms. The molecule has 0 radical (unpaired) electrons. The summed E-state index contributed by atoms with van der Waals surface area (Å²) in [6.07, 6.45) is 0. The molecule has 0 N–H and O–H groups in total. The van der Waals surface area contributed by atoms with Crippen LogP contribution in [-0.2, 0) is 7.05 Å². The summed E-state index contributed by atoms with van der Waals surface area (Å²) in [5, 5.41) is 4.03. The van der Waals surface area contributed by atoms with Gasteiger partial charge in [-0.25, -0.2) is 4.79 Å². The predicted octanol–water partition coefficient (Wildman–Crippen LogP) is 2.87. The first-order valence-corrected chi connectivity index (χ1v) is 8.29. The number of methoxy groups -OCH3 is 3. The van der Waals surface area contributed by atoms with Gasteiger partial charge in [-0.05, 0) is 30.3 Å². The average molecular weight is 383 g/mol. The minimum atomic E-state index is -0.432. The van der Waals surface area contributed by atoms with E-state index in [4.69, 9.17) is 23.2 Å². The molecule has 0 saturated heterocycles. The van der Waals surface area contributed by atoms with Crippen molar-refractivity contribution in [2.45, 2.75) is 0 Å². The third-order valence-electron chi connectivity index (χ3n) is 4.39. The number of benzene rings is 2. The number of aryl methyl sites for hydroxylation is 1. The molecule has 0 amide bonds. The van der Waals surface area contributed by atoms with Crippen molar-refractivity contribution in [3.63, 3.8) is 0 Å². The van der Waals surface area contributed by atoms with Gasteiger partial charge in [0.05, 0.1) is 26.8 Å². The van der Waals surface area contributed by atoms with Gasteiger partial charge < -0.3 is 23.2 Å². The molecule has 2 aromatic heterocycles. The van der Waals surface area contributed by atoms with Crippen LogP contribution >= 0.6 is 0 Å². The van der Waals surface area contributed by atoms with E-state index in [-0.39, 0.29) is 5.89 Å². The summed E-state index contributed by atoms with van der Waals surface area (Å²) >= 11 is 0. The molecule has 9 nitrogen and oxygen atoms in total. The standard InChI is InChI=1S/C19H17N3O6/c1-22-12-6-5-10(7-13(12)27-19(22)23)17-20-18(28-21-17)11-8-14(24-2)16(26-4)15(9-11)25-3/h5-9H,1-4H3. The number of nitrogens with zero attached hydrogens (tertiary/aromatic N) is 3. The monoisotopic (exact) mass is 383 g/mol. The Morgan fingerprint density at radius 1 is 0.964 bits per heavy atom. The Morgan fingerprint density at radius 2 is 1.68 bits per heavy atom. The third-order valence-corrected chi connectivity index (χ3v) is 4.39. The molecule has 2 heterocycles. The van der Waals surface area contributed by atoms with Gasteiger partial charge in [-0.1, -0.05) is 5.16 Å². The molecule has 144 valence electrons. The van der Waals surface area contributed by atoms with Gasteiger partial charge in [-0.3, -0.25) is 4.57 Å². The lowest BCUT2D eigenvalue weighted by molar-refractivity contribution is 0.324. The molecule has 0 aliphatic rings. The van der Waals surface area contributed by atoms with E-state index in [1.165, 1.54) is 25.9 Å². The van der Waals surface area contributed by atoms with E-state index in [0.717, 1.165) is 0 Å². The zero-order valence-electron chi connectivity index (χ0n) is 15.7. The molecule has 9 heteroatoms. The Labute approximate surface area is 159 Å². The summed E-state index contributed by atoms with van der Waals surface area (Å²) in [4.78, 5) is 16.1. The highest BCUT2D eigenvalue weighted by Gasteiger charge is 2.18. The molecule has 0 aliphatic carbocycles. The van der Waals surface area contributed by atoms with Gasteiger partial charge in [0.1, 0.15) is 0 Å². The highest BCUT2D eigenvalue weighted by molar-refractivity contribution is 5.79. The van der Waals surface area contributed by atoms with Crippen LogP contribution in [-0.4, -0.2) is 36.0 Å². The zero-order chi connectivity index (χ0) is 19.8. The Bertz CT molecular complexity index is 1200. The Morgan fingerprint density at radius 3 is 2.32 bits per heavy atom. The van der Waals surface area contributed by atoms with Crippen molar-refractivity contribution in [1.82, 2.24) is 14.7 Å². The van der Waals surface area contributed by atoms with Gasteiger partial charge in [-0.2, -0.15) is 4.98 Å². The van der Waals surface area contributed by atoms with Crippen LogP contribution in [0.15, 0.2) is 44.1 Å². The van der Waals surface area contributed by atoms with E-state index in [9.17, 15) is 4.79 Å². The van der Waals surface area contributed by atoms with E-state index in [1.54, 1.807) is 37.4 Å². The van der Waals surface area contributed by atoms with Crippen LogP contribution in [0.1, 0.15) is 0 Å². The van der Waals surface area contributed by atoms with Gasteiger partial charge in [0.15, 0.2) is 17.1 Å². The van der Waals surface area contributed by atoms with Crippen molar-refractivity contribution < 1.29 is 23.2 Å². The first-order valence-electron chi connectivity index (χ1n) is 8.29. The molecule has 0 saturated carbocycles. The molecule has 0 unspecified atom stereocenters. The summed E-state index contributed by atoms with van der Waals surface area (Å²) in [5.74, 6) is 1.63. The van der Waals surface area contributed by atoms with Crippen molar-refractivity contribution in [3.05, 3.63) is 40.9 Å². The molecule has 0 fully saturated rings. The lowest BCUT2D eigenvalue weighted by Crippen LogP contribution is -2.08. The maximum Gasteiger partial charge on any atom is 0.419 e. The Hall–Kier alpha value is -3.75. The van der Waals surface area contributed by atoms with E-state index in [2.05, 4.69) is 10.1 Å². The third kappa shape index (κ3) is 2.77. The zero-order valence-corrected chi connectivity index (χ0v) is 15.7. The minimum Gasteiger partial charge on any atom is -0.493 e. The molecule has 0 aliphatic heterocycles. The van der Waals surface area contributed by atoms with Crippen LogP contribution in [0, 0.1) is 0 Å². The number of aromatic nitrogens is 3. The fourth-order valence-corrected chi connectivity index (χ4v) is 2.94. The number of rotatable bonds is 5. The van der Waals surface area contributed by atoms with Crippen molar-refractivity contribution in [2.24, 2.45) is 7.05 Å². The van der Waals surface area contributed by atoms with Gasteiger partial charge in [0.2, 0.25) is 11.6 Å². The normalized spacial score (nSPS) is 11.0. The molecular weight excluding hydrogens is 366 g/mol. The van der Waals surface area contributed by atoms with Gasteiger partial charge in [0.25, 0.3) is 5.89 Å². The molecule has 4 aromatic rings. The summed E-state index contributed by atoms with van der Waals surface area (Å²) in [6, 6.07) is 8.70. The largest absolute Gasteiger partial charge is 0.493 e. The Kier molecular flexibility index (Phi) is 4.26. The topological polar surface area (TPSA) is 102 Å². The number of hydrogen-bond acceptors (Lipinski definition) is 8. The Balaban J connectivity index is 1.76. The SMILES string of the molecule is COc1cc(-c2nc(-c3ccc4c(c3)oc(=O)n4C)no2)cc(OC)c1OC. The quantitative estimate of drug-likeness (QED) is 0.518. The fraction of sp³-hybridized carbons (Fsp3) is 0.211. The van der Waals surface area contributed by atoms with Crippen molar-refractivity contribution in [3.8, 4) is 40.1 Å². The van der Waals surface area contributed by atoms with Crippen LogP contribution in [0.3, 0.4) is 0 Å². The van der Waals surface area contributed by atoms with Crippen LogP contribution in [0.5, 0.6) is 17.2 Å². The van der Waals surface area contributed by atoms with E-state index < -0.39 is 5.76 Å². The van der Waals surface area contributed by atoms with Crippen LogP contribution in [0.4, 0.5) is 0 Å². The second-order valence-electron chi connectivity index (χ2n) is 5.95. The number of hydrogen-bond donors (Lipinski definition) is 0. The number of oxazole rings is 1. The highest BCUT2D eigenvalue weighted by atomic mass is 16.5. The lowest BCUT2D eigenvalue weighted by Gasteiger charge is -2.12. The van der Waals surface area contributed by atoms with Crippen molar-refractivity contribution >= 4 is 11.1 Å². The summed E-state index contributed by atoms with van der Waals surface area (Å²) in [7, 11) is 6.24. The molecule has 2 aromatic carbocycles. The van der Waals surface area contributed by atoms with Gasteiger partial charge in [0, 0.05) is 18.2 Å². The van der Waals surface area contributed by atoms with E-state index >= 15 is 0 Å². The number of ether oxygens (including phenoxy) is 3. The molecule has 28 heavy (non-hydrogen) atoms. The maximum absolute atomic E-state index is 11.7. The first kappa shape index (κ1) is 17.7. The average Bonchev–Trinajstić information content (AvgIpc) is 3.32. The second-order valence-corrected chi connectivity index (χ2v) is 5.95. The van der Waals surface area contributed by atoms with Gasteiger partial charge in [-0.15, -0.1) is 0 Å². The number of fused-ring (bicyclic) bond motifs is 1. The molecule has 0 spiro atoms. The molecular formula is C19H17N3O6. The van der Waals surface area contributed by atoms with E-state index in [0.29, 0.717) is 45.3 Å². The van der Waals surface area contributed by atoms with Crippen molar-refractivity contribution in [1.29, 1.82) is 0 Å². The fourth-order valence-electron chi connectivity index (χ4n) is 2.94. The summed E-state index contributed by atoms with van der Waals surface area (Å²) < 4.78 is 28.1. The maximum atomic E-state index is 11.7. The first-order chi connectivity index (χ1) is 13.5. The molecule has 0 atom stereocenters. The highest BCUT2D eigenvalue weighted by Crippen LogP contribution is 2.41. The van der Waals surface area contributed by atoms with Crippen LogP contribution in [0.2, 0.25) is 0 Å². The molecule has 4 rings (SSSR count). The lowest BCUT2D eigenvalue weighted by atomic mass is 10.1. The minimum absolute atomic E-state index is 0.281. The van der Waals surface area contributed by atoms with Gasteiger partial charge >= 0.3 is 5.76 Å². The second kappa shape index (κ2) is 6.76. The predicted molar refractivity (Wildman–Crippen MR) is 99.8 cm³/mol. The summed E-state index contributed by atoms with van der Waals surface area (Å²) in [5.41, 5.74) is 2.40. The summed E-state index contributed by atoms with van der Waals surface area (Å²) in [6.45, 7) is 0. The van der Waals surface area contributed by atoms with E-state index in [1.807, 2.05) is 0 Å². The van der Waals surface area contributed by atoms with Crippen LogP contribution < -0.4 is 20.0 Å². The smallest absolute Gasteiger partial charge is 0.419 e.